The number of aromatic nitrogens is 1. The SMILES string of the molecule is CC(=O)Nc1cccc2c1CCN(Cc1ccc(Cl)nc1)C2. The first-order chi connectivity index (χ1) is 10.6. The van der Waals surface area contributed by atoms with E-state index in [9.17, 15) is 4.79 Å². The minimum atomic E-state index is -0.0249. The minimum Gasteiger partial charge on any atom is -0.326 e. The first-order valence-electron chi connectivity index (χ1n) is 7.33. The van der Waals surface area contributed by atoms with E-state index in [1.54, 1.807) is 6.92 Å². The molecule has 0 fully saturated rings. The maximum Gasteiger partial charge on any atom is 0.221 e. The van der Waals surface area contributed by atoms with Crippen molar-refractivity contribution in [1.82, 2.24) is 9.88 Å². The van der Waals surface area contributed by atoms with Crippen LogP contribution in [0.1, 0.15) is 23.6 Å². The maximum atomic E-state index is 11.3. The largest absolute Gasteiger partial charge is 0.326 e. The van der Waals surface area contributed by atoms with Crippen molar-refractivity contribution in [1.29, 1.82) is 0 Å². The van der Waals surface area contributed by atoms with E-state index in [0.717, 1.165) is 37.3 Å². The van der Waals surface area contributed by atoms with E-state index in [0.29, 0.717) is 5.15 Å². The van der Waals surface area contributed by atoms with Crippen molar-refractivity contribution in [3.8, 4) is 0 Å². The number of nitrogens with zero attached hydrogens (tertiary/aromatic N) is 2. The second kappa shape index (κ2) is 6.46. The molecule has 0 bridgehead atoms. The standard InChI is InChI=1S/C17H18ClN3O/c1-12(22)20-16-4-2-3-14-11-21(8-7-15(14)16)10-13-5-6-17(18)19-9-13/h2-6,9H,7-8,10-11H2,1H3,(H,20,22). The Bertz CT molecular complexity index is 685. The summed E-state index contributed by atoms with van der Waals surface area (Å²) in [4.78, 5) is 17.8. The lowest BCUT2D eigenvalue weighted by Gasteiger charge is -2.30. The van der Waals surface area contributed by atoms with Gasteiger partial charge in [0.25, 0.3) is 0 Å². The quantitative estimate of drug-likeness (QED) is 0.884. The lowest BCUT2D eigenvalue weighted by molar-refractivity contribution is -0.114. The second-order valence-electron chi connectivity index (χ2n) is 5.57. The number of rotatable bonds is 3. The van der Waals surface area contributed by atoms with E-state index in [2.05, 4.69) is 21.3 Å². The maximum absolute atomic E-state index is 11.3. The highest BCUT2D eigenvalue weighted by molar-refractivity contribution is 6.29. The van der Waals surface area contributed by atoms with Crippen LogP contribution in [0, 0.1) is 0 Å². The Labute approximate surface area is 135 Å². The molecule has 0 aliphatic carbocycles. The molecule has 2 heterocycles. The molecule has 114 valence electrons. The number of amides is 1. The highest BCUT2D eigenvalue weighted by Crippen LogP contribution is 2.27. The lowest BCUT2D eigenvalue weighted by atomic mass is 9.97. The van der Waals surface area contributed by atoms with Gasteiger partial charge in [-0.15, -0.1) is 0 Å². The molecule has 0 spiro atoms. The fourth-order valence-electron chi connectivity index (χ4n) is 2.87. The summed E-state index contributed by atoms with van der Waals surface area (Å²) in [6, 6.07) is 9.94. The van der Waals surface area contributed by atoms with Gasteiger partial charge in [-0.3, -0.25) is 9.69 Å². The number of hydrogen-bond donors (Lipinski definition) is 1. The Kier molecular flexibility index (Phi) is 4.41. The smallest absolute Gasteiger partial charge is 0.221 e. The second-order valence-corrected chi connectivity index (χ2v) is 5.96. The summed E-state index contributed by atoms with van der Waals surface area (Å²) in [7, 11) is 0. The molecular formula is C17H18ClN3O. The first kappa shape index (κ1) is 15.0. The van der Waals surface area contributed by atoms with E-state index < -0.39 is 0 Å². The van der Waals surface area contributed by atoms with Gasteiger partial charge < -0.3 is 5.32 Å². The van der Waals surface area contributed by atoms with Gasteiger partial charge in [0.1, 0.15) is 5.15 Å². The third kappa shape index (κ3) is 3.46. The Hall–Kier alpha value is -1.91. The van der Waals surface area contributed by atoms with Crippen molar-refractivity contribution in [2.45, 2.75) is 26.4 Å². The van der Waals surface area contributed by atoms with Crippen molar-refractivity contribution in [2.24, 2.45) is 0 Å². The van der Waals surface area contributed by atoms with Crippen LogP contribution in [-0.2, 0) is 24.3 Å². The zero-order valence-corrected chi connectivity index (χ0v) is 13.2. The average Bonchev–Trinajstić information content (AvgIpc) is 2.49. The molecular weight excluding hydrogens is 298 g/mol. The molecule has 1 aromatic heterocycles. The third-order valence-corrected chi connectivity index (χ3v) is 4.07. The number of pyridine rings is 1. The molecule has 4 nitrogen and oxygen atoms in total. The van der Waals surface area contributed by atoms with Gasteiger partial charge in [-0.1, -0.05) is 29.8 Å². The van der Waals surface area contributed by atoms with E-state index in [4.69, 9.17) is 11.6 Å². The summed E-state index contributed by atoms with van der Waals surface area (Å²) in [5.74, 6) is -0.0249. The van der Waals surface area contributed by atoms with E-state index in [-0.39, 0.29) is 5.91 Å². The number of carbonyl (C=O) groups is 1. The molecule has 1 amide bonds. The van der Waals surface area contributed by atoms with E-state index in [1.807, 2.05) is 30.5 Å². The van der Waals surface area contributed by atoms with Gasteiger partial charge in [-0.25, -0.2) is 4.98 Å². The molecule has 1 aromatic carbocycles. The Balaban J connectivity index is 1.74. The number of halogens is 1. The monoisotopic (exact) mass is 315 g/mol. The summed E-state index contributed by atoms with van der Waals surface area (Å²) in [6.07, 6.45) is 2.76. The lowest BCUT2D eigenvalue weighted by Crippen LogP contribution is -2.30. The summed E-state index contributed by atoms with van der Waals surface area (Å²) in [5.41, 5.74) is 4.63. The highest BCUT2D eigenvalue weighted by atomic mass is 35.5. The molecule has 22 heavy (non-hydrogen) atoms. The molecule has 0 radical (unpaired) electrons. The number of hydrogen-bond acceptors (Lipinski definition) is 3. The van der Waals surface area contributed by atoms with Crippen LogP contribution in [0.25, 0.3) is 0 Å². The topological polar surface area (TPSA) is 45.2 Å². The van der Waals surface area contributed by atoms with E-state index >= 15 is 0 Å². The first-order valence-corrected chi connectivity index (χ1v) is 7.71. The highest BCUT2D eigenvalue weighted by Gasteiger charge is 2.19. The number of carbonyl (C=O) groups excluding carboxylic acids is 1. The molecule has 0 unspecified atom stereocenters. The molecule has 5 heteroatoms. The summed E-state index contributed by atoms with van der Waals surface area (Å²) in [6.45, 7) is 4.24. The molecule has 0 saturated carbocycles. The number of fused-ring (bicyclic) bond motifs is 1. The van der Waals surface area contributed by atoms with Crippen LogP contribution in [0.15, 0.2) is 36.5 Å². The van der Waals surface area contributed by atoms with Crippen LogP contribution in [-0.4, -0.2) is 22.3 Å². The molecule has 1 aliphatic heterocycles. The van der Waals surface area contributed by atoms with Crippen LogP contribution < -0.4 is 5.32 Å². The van der Waals surface area contributed by atoms with Crippen LogP contribution in [0.5, 0.6) is 0 Å². The fraction of sp³-hybridized carbons (Fsp3) is 0.294. The van der Waals surface area contributed by atoms with Crippen molar-refractivity contribution in [3.63, 3.8) is 0 Å². The van der Waals surface area contributed by atoms with Crippen molar-refractivity contribution in [2.75, 3.05) is 11.9 Å². The van der Waals surface area contributed by atoms with Crippen molar-refractivity contribution >= 4 is 23.2 Å². The predicted octanol–water partition coefficient (Wildman–Crippen LogP) is 3.25. The van der Waals surface area contributed by atoms with Crippen LogP contribution in [0.3, 0.4) is 0 Å². The van der Waals surface area contributed by atoms with Crippen molar-refractivity contribution < 1.29 is 4.79 Å². The Morgan fingerprint density at radius 3 is 2.95 bits per heavy atom. The van der Waals surface area contributed by atoms with Crippen molar-refractivity contribution in [3.05, 3.63) is 58.4 Å². The molecule has 2 aromatic rings. The average molecular weight is 316 g/mol. The van der Waals surface area contributed by atoms with Gasteiger partial charge in [0.2, 0.25) is 5.91 Å². The summed E-state index contributed by atoms with van der Waals surface area (Å²) in [5, 5.41) is 3.44. The van der Waals surface area contributed by atoms with Gasteiger partial charge in [0.15, 0.2) is 0 Å². The fourth-order valence-corrected chi connectivity index (χ4v) is 2.98. The molecule has 3 rings (SSSR count). The van der Waals surface area contributed by atoms with Gasteiger partial charge in [-0.2, -0.15) is 0 Å². The van der Waals surface area contributed by atoms with Crippen LogP contribution in [0.4, 0.5) is 5.69 Å². The van der Waals surface area contributed by atoms with Crippen LogP contribution >= 0.6 is 11.6 Å². The molecule has 0 atom stereocenters. The normalized spacial score (nSPS) is 14.5. The van der Waals surface area contributed by atoms with Crippen LogP contribution in [0.2, 0.25) is 5.15 Å². The van der Waals surface area contributed by atoms with Gasteiger partial charge >= 0.3 is 0 Å². The Morgan fingerprint density at radius 1 is 1.36 bits per heavy atom. The summed E-state index contributed by atoms with van der Waals surface area (Å²) < 4.78 is 0. The number of benzene rings is 1. The minimum absolute atomic E-state index is 0.0249. The predicted molar refractivity (Wildman–Crippen MR) is 87.8 cm³/mol. The van der Waals surface area contributed by atoms with E-state index in [1.165, 1.54) is 11.1 Å². The summed E-state index contributed by atoms with van der Waals surface area (Å²) >= 11 is 5.82. The van der Waals surface area contributed by atoms with Gasteiger partial charge in [-0.05, 0) is 35.2 Å². The zero-order chi connectivity index (χ0) is 15.5. The Morgan fingerprint density at radius 2 is 2.23 bits per heavy atom. The zero-order valence-electron chi connectivity index (χ0n) is 12.5. The molecule has 0 saturated heterocycles. The number of nitrogens with one attached hydrogen (secondary N) is 1. The molecule has 1 N–H and O–H groups in total. The van der Waals surface area contributed by atoms with Gasteiger partial charge in [0.05, 0.1) is 0 Å². The third-order valence-electron chi connectivity index (χ3n) is 3.85. The molecule has 1 aliphatic rings. The van der Waals surface area contributed by atoms with Gasteiger partial charge in [0, 0.05) is 38.4 Å². The number of anilines is 1.